The molecule has 0 aliphatic carbocycles. The number of halogens is 1. The highest BCUT2D eigenvalue weighted by Gasteiger charge is 2.04. The molecule has 2 rings (SSSR count). The van der Waals surface area contributed by atoms with Crippen LogP contribution in [0.4, 0.5) is 0 Å². The van der Waals surface area contributed by atoms with E-state index in [1.807, 2.05) is 54.3 Å². The van der Waals surface area contributed by atoms with Gasteiger partial charge >= 0.3 is 0 Å². The molecule has 1 N–H and O–H groups in total. The molecule has 3 nitrogen and oxygen atoms in total. The number of carbonyl (C=O) groups is 1. The van der Waals surface area contributed by atoms with Crippen molar-refractivity contribution in [1.29, 1.82) is 0 Å². The molecule has 1 heterocycles. The monoisotopic (exact) mass is 340 g/mol. The number of nitrogens with one attached hydrogen (secondary N) is 1. The first-order valence-corrected chi connectivity index (χ1v) is 6.37. The van der Waals surface area contributed by atoms with Gasteiger partial charge in [0.05, 0.1) is 0 Å². The van der Waals surface area contributed by atoms with Gasteiger partial charge in [-0.3, -0.25) is 4.79 Å². The predicted molar refractivity (Wildman–Crippen MR) is 75.7 cm³/mol. The van der Waals surface area contributed by atoms with Crippen molar-refractivity contribution in [2.24, 2.45) is 7.05 Å². The molecule has 0 aliphatic heterocycles. The van der Waals surface area contributed by atoms with E-state index in [0.29, 0.717) is 12.1 Å². The number of nitrogens with zero attached hydrogens (tertiary/aromatic N) is 1. The van der Waals surface area contributed by atoms with Crippen LogP contribution in [0.1, 0.15) is 15.9 Å². The summed E-state index contributed by atoms with van der Waals surface area (Å²) in [5.74, 6) is -0.0368. The normalized spacial score (nSPS) is 10.2. The van der Waals surface area contributed by atoms with E-state index in [-0.39, 0.29) is 5.91 Å². The van der Waals surface area contributed by atoms with E-state index in [0.717, 1.165) is 9.13 Å². The maximum atomic E-state index is 11.8. The molecule has 4 heteroatoms. The summed E-state index contributed by atoms with van der Waals surface area (Å²) in [4.78, 5) is 11.8. The molecule has 88 valence electrons. The summed E-state index contributed by atoms with van der Waals surface area (Å²) in [6.07, 6.45) is 3.96. The Balaban J connectivity index is 1.95. The smallest absolute Gasteiger partial charge is 0.251 e. The maximum Gasteiger partial charge on any atom is 0.251 e. The first kappa shape index (κ1) is 12.2. The Morgan fingerprint density at radius 3 is 2.59 bits per heavy atom. The van der Waals surface area contributed by atoms with Crippen molar-refractivity contribution in [1.82, 2.24) is 9.88 Å². The summed E-state index contributed by atoms with van der Waals surface area (Å²) in [6, 6.07) is 9.52. The number of carbonyl (C=O) groups excluding carboxylic acids is 1. The average Bonchev–Trinajstić information content (AvgIpc) is 2.73. The minimum absolute atomic E-state index is 0.0368. The van der Waals surface area contributed by atoms with E-state index in [4.69, 9.17) is 0 Å². The first-order valence-electron chi connectivity index (χ1n) is 5.30. The van der Waals surface area contributed by atoms with Crippen molar-refractivity contribution in [3.05, 3.63) is 57.4 Å². The number of aryl methyl sites for hydroxylation is 1. The Kier molecular flexibility index (Phi) is 3.83. The third-order valence-corrected chi connectivity index (χ3v) is 3.17. The van der Waals surface area contributed by atoms with Crippen LogP contribution >= 0.6 is 22.6 Å². The fourth-order valence-electron chi connectivity index (χ4n) is 1.55. The molecule has 0 atom stereocenters. The van der Waals surface area contributed by atoms with E-state index in [9.17, 15) is 4.79 Å². The molecule has 0 saturated carbocycles. The van der Waals surface area contributed by atoms with Gasteiger partial charge in [0.1, 0.15) is 0 Å². The Morgan fingerprint density at radius 1 is 1.29 bits per heavy atom. The Hall–Kier alpha value is -1.30. The fraction of sp³-hybridized carbons (Fsp3) is 0.154. The first-order chi connectivity index (χ1) is 8.15. The lowest BCUT2D eigenvalue weighted by molar-refractivity contribution is 0.0951. The van der Waals surface area contributed by atoms with Crippen molar-refractivity contribution in [3.63, 3.8) is 0 Å². The summed E-state index contributed by atoms with van der Waals surface area (Å²) < 4.78 is 3.09. The van der Waals surface area contributed by atoms with Gasteiger partial charge in [-0.15, -0.1) is 0 Å². The molecule has 1 aromatic carbocycles. The number of amides is 1. The highest BCUT2D eigenvalue weighted by molar-refractivity contribution is 14.1. The van der Waals surface area contributed by atoms with E-state index < -0.39 is 0 Å². The quantitative estimate of drug-likeness (QED) is 0.857. The predicted octanol–water partition coefficient (Wildman–Crippen LogP) is 2.56. The lowest BCUT2D eigenvalue weighted by Crippen LogP contribution is -2.22. The Labute approximate surface area is 114 Å². The second-order valence-corrected chi connectivity index (χ2v) is 5.12. The summed E-state index contributed by atoms with van der Waals surface area (Å²) in [7, 11) is 1.96. The number of benzene rings is 1. The minimum Gasteiger partial charge on any atom is -0.357 e. The maximum absolute atomic E-state index is 11.8. The van der Waals surface area contributed by atoms with Crippen molar-refractivity contribution >= 4 is 28.5 Å². The third kappa shape index (κ3) is 3.33. The van der Waals surface area contributed by atoms with Gasteiger partial charge in [0.2, 0.25) is 0 Å². The molecule has 17 heavy (non-hydrogen) atoms. The van der Waals surface area contributed by atoms with E-state index in [1.54, 1.807) is 0 Å². The van der Waals surface area contributed by atoms with Gasteiger partial charge in [-0.05, 0) is 58.5 Å². The molecule has 2 aromatic rings. The van der Waals surface area contributed by atoms with Gasteiger partial charge in [-0.25, -0.2) is 0 Å². The third-order valence-electron chi connectivity index (χ3n) is 2.45. The standard InChI is InChI=1S/C13H13IN2O/c1-16-7-6-10(9-16)8-15-13(17)11-2-4-12(14)5-3-11/h2-7,9H,8H2,1H3,(H,15,17). The molecule has 1 amide bonds. The average molecular weight is 340 g/mol. The van der Waals surface area contributed by atoms with Gasteiger partial charge in [0.15, 0.2) is 0 Å². The molecule has 1 aromatic heterocycles. The summed E-state index contributed by atoms with van der Waals surface area (Å²) in [6.45, 7) is 0.561. The van der Waals surface area contributed by atoms with Crippen molar-refractivity contribution in [2.45, 2.75) is 6.54 Å². The second kappa shape index (κ2) is 5.35. The molecule has 0 aliphatic rings. The van der Waals surface area contributed by atoms with Crippen molar-refractivity contribution in [3.8, 4) is 0 Å². The van der Waals surface area contributed by atoms with Gasteiger partial charge in [0.25, 0.3) is 5.91 Å². The molecule has 0 radical (unpaired) electrons. The molecule has 0 saturated heterocycles. The molecule has 0 spiro atoms. The van der Waals surface area contributed by atoms with E-state index in [1.165, 1.54) is 0 Å². The zero-order valence-electron chi connectivity index (χ0n) is 9.48. The van der Waals surface area contributed by atoms with Crippen LogP contribution in [0.2, 0.25) is 0 Å². The molecule has 0 unspecified atom stereocenters. The SMILES string of the molecule is Cn1ccc(CNC(=O)c2ccc(I)cc2)c1. The van der Waals surface area contributed by atoms with E-state index in [2.05, 4.69) is 27.9 Å². The number of rotatable bonds is 3. The van der Waals surface area contributed by atoms with E-state index >= 15 is 0 Å². The number of hydrogen-bond acceptors (Lipinski definition) is 1. The summed E-state index contributed by atoms with van der Waals surface area (Å²) in [5, 5.41) is 2.89. The zero-order valence-corrected chi connectivity index (χ0v) is 11.6. The molecular formula is C13H13IN2O. The topological polar surface area (TPSA) is 34.0 Å². The minimum atomic E-state index is -0.0368. The van der Waals surface area contributed by atoms with Gasteiger partial charge in [0, 0.05) is 35.1 Å². The highest BCUT2D eigenvalue weighted by atomic mass is 127. The van der Waals surface area contributed by atoms with Crippen molar-refractivity contribution in [2.75, 3.05) is 0 Å². The largest absolute Gasteiger partial charge is 0.357 e. The lowest BCUT2D eigenvalue weighted by Gasteiger charge is -2.03. The Morgan fingerprint density at radius 2 is 2.00 bits per heavy atom. The van der Waals surface area contributed by atoms with Crippen LogP contribution < -0.4 is 5.32 Å². The lowest BCUT2D eigenvalue weighted by atomic mass is 10.2. The van der Waals surface area contributed by atoms with Gasteiger partial charge < -0.3 is 9.88 Å². The van der Waals surface area contributed by atoms with Crippen LogP contribution in [-0.2, 0) is 13.6 Å². The van der Waals surface area contributed by atoms with Crippen molar-refractivity contribution < 1.29 is 4.79 Å². The molecular weight excluding hydrogens is 327 g/mol. The van der Waals surface area contributed by atoms with Crippen LogP contribution in [0, 0.1) is 3.57 Å². The number of aromatic nitrogens is 1. The van der Waals surface area contributed by atoms with Crippen LogP contribution in [0.3, 0.4) is 0 Å². The van der Waals surface area contributed by atoms with Crippen LogP contribution in [0.15, 0.2) is 42.7 Å². The second-order valence-electron chi connectivity index (χ2n) is 3.87. The summed E-state index contributed by atoms with van der Waals surface area (Å²) >= 11 is 2.22. The molecule has 0 fully saturated rings. The zero-order chi connectivity index (χ0) is 12.3. The highest BCUT2D eigenvalue weighted by Crippen LogP contribution is 2.07. The number of hydrogen-bond donors (Lipinski definition) is 1. The summed E-state index contributed by atoms with van der Waals surface area (Å²) in [5.41, 5.74) is 1.80. The van der Waals surface area contributed by atoms with Gasteiger partial charge in [-0.1, -0.05) is 0 Å². The van der Waals surface area contributed by atoms with Crippen LogP contribution in [0.25, 0.3) is 0 Å². The Bertz CT molecular complexity index is 516. The van der Waals surface area contributed by atoms with Crippen LogP contribution in [-0.4, -0.2) is 10.5 Å². The van der Waals surface area contributed by atoms with Crippen LogP contribution in [0.5, 0.6) is 0 Å². The fourth-order valence-corrected chi connectivity index (χ4v) is 1.91. The molecule has 0 bridgehead atoms. The van der Waals surface area contributed by atoms with Gasteiger partial charge in [-0.2, -0.15) is 0 Å².